The van der Waals surface area contributed by atoms with Crippen LogP contribution in [0.25, 0.3) is 0 Å². The summed E-state index contributed by atoms with van der Waals surface area (Å²) in [6, 6.07) is 5.99. The van der Waals surface area contributed by atoms with Crippen LogP contribution in [-0.4, -0.2) is 11.2 Å². The minimum absolute atomic E-state index is 0.374. The molecule has 2 rings (SSSR count). The monoisotopic (exact) mass is 262 g/mol. The average molecular weight is 262 g/mol. The van der Waals surface area contributed by atoms with Crippen LogP contribution >= 0.6 is 0 Å². The summed E-state index contributed by atoms with van der Waals surface area (Å²) in [6.45, 7) is 6.13. The van der Waals surface area contributed by atoms with Crippen molar-refractivity contribution in [1.82, 2.24) is 0 Å². The van der Waals surface area contributed by atoms with E-state index in [1.165, 1.54) is 32.1 Å². The van der Waals surface area contributed by atoms with Gasteiger partial charge < -0.3 is 9.84 Å². The first-order chi connectivity index (χ1) is 9.10. The molecule has 0 saturated heterocycles. The Morgan fingerprint density at radius 2 is 1.95 bits per heavy atom. The third-order valence-corrected chi connectivity index (χ3v) is 4.35. The van der Waals surface area contributed by atoms with E-state index in [0.29, 0.717) is 6.10 Å². The third kappa shape index (κ3) is 3.73. The molecule has 1 aliphatic rings. The normalized spacial score (nSPS) is 25.1. The van der Waals surface area contributed by atoms with Crippen LogP contribution in [0.5, 0.6) is 5.75 Å². The molecule has 2 heteroatoms. The molecule has 0 aromatic heterocycles. The van der Waals surface area contributed by atoms with Gasteiger partial charge in [0.2, 0.25) is 0 Å². The van der Waals surface area contributed by atoms with Crippen molar-refractivity contribution in [2.75, 3.05) is 0 Å². The largest absolute Gasteiger partial charge is 0.490 e. The van der Waals surface area contributed by atoms with Crippen LogP contribution in [-0.2, 0) is 0 Å². The second-order valence-corrected chi connectivity index (χ2v) is 5.87. The maximum absolute atomic E-state index is 9.58. The Hall–Kier alpha value is -1.02. The number of hydrogen-bond donors (Lipinski definition) is 1. The summed E-state index contributed by atoms with van der Waals surface area (Å²) in [4.78, 5) is 0. The molecule has 0 aliphatic heterocycles. The summed E-state index contributed by atoms with van der Waals surface area (Å²) >= 11 is 0. The van der Waals surface area contributed by atoms with Crippen molar-refractivity contribution in [3.05, 3.63) is 29.3 Å². The minimum Gasteiger partial charge on any atom is -0.490 e. The smallest absolute Gasteiger partial charge is 0.122 e. The lowest BCUT2D eigenvalue weighted by Gasteiger charge is -2.29. The fourth-order valence-electron chi connectivity index (χ4n) is 2.90. The number of rotatable bonds is 4. The Bertz CT molecular complexity index is 404. The first-order valence-corrected chi connectivity index (χ1v) is 7.55. The molecule has 0 bridgehead atoms. The third-order valence-electron chi connectivity index (χ3n) is 4.35. The van der Waals surface area contributed by atoms with E-state index in [1.807, 2.05) is 18.2 Å². The van der Waals surface area contributed by atoms with Crippen molar-refractivity contribution in [2.45, 2.75) is 65.1 Å². The SMILES string of the molecule is CCC1CCC(Oc2ccc([C@H](C)O)cc2C)CC1. The van der Waals surface area contributed by atoms with E-state index in [9.17, 15) is 5.11 Å². The van der Waals surface area contributed by atoms with Crippen LogP contribution in [0.4, 0.5) is 0 Å². The zero-order valence-corrected chi connectivity index (χ0v) is 12.4. The Morgan fingerprint density at radius 3 is 2.47 bits per heavy atom. The van der Waals surface area contributed by atoms with Gasteiger partial charge in [-0.25, -0.2) is 0 Å². The van der Waals surface area contributed by atoms with Gasteiger partial charge in [-0.1, -0.05) is 19.4 Å². The molecule has 0 radical (unpaired) electrons. The maximum atomic E-state index is 9.58. The van der Waals surface area contributed by atoms with Gasteiger partial charge in [-0.05, 0) is 68.7 Å². The van der Waals surface area contributed by atoms with Gasteiger partial charge in [-0.2, -0.15) is 0 Å². The molecule has 0 heterocycles. The lowest BCUT2D eigenvalue weighted by atomic mass is 9.86. The van der Waals surface area contributed by atoms with E-state index in [1.54, 1.807) is 6.92 Å². The van der Waals surface area contributed by atoms with Gasteiger partial charge in [0.15, 0.2) is 0 Å². The molecule has 1 aliphatic carbocycles. The van der Waals surface area contributed by atoms with Crippen LogP contribution in [0.15, 0.2) is 18.2 Å². The quantitative estimate of drug-likeness (QED) is 0.871. The number of hydrogen-bond acceptors (Lipinski definition) is 2. The van der Waals surface area contributed by atoms with Crippen LogP contribution in [0.1, 0.15) is 63.2 Å². The Morgan fingerprint density at radius 1 is 1.26 bits per heavy atom. The van der Waals surface area contributed by atoms with Crippen molar-refractivity contribution in [2.24, 2.45) is 5.92 Å². The fourth-order valence-corrected chi connectivity index (χ4v) is 2.90. The summed E-state index contributed by atoms with van der Waals surface area (Å²) < 4.78 is 6.13. The van der Waals surface area contributed by atoms with Gasteiger partial charge in [0.05, 0.1) is 12.2 Å². The molecule has 1 aromatic rings. The fraction of sp³-hybridized carbons (Fsp3) is 0.647. The number of aliphatic hydroxyl groups excluding tert-OH is 1. The van der Waals surface area contributed by atoms with Gasteiger partial charge in [0.25, 0.3) is 0 Å². The highest BCUT2D eigenvalue weighted by Crippen LogP contribution is 2.31. The molecule has 2 nitrogen and oxygen atoms in total. The molecule has 19 heavy (non-hydrogen) atoms. The predicted molar refractivity (Wildman–Crippen MR) is 78.5 cm³/mol. The highest BCUT2D eigenvalue weighted by atomic mass is 16.5. The first kappa shape index (κ1) is 14.4. The summed E-state index contributed by atoms with van der Waals surface area (Å²) in [5, 5.41) is 9.58. The number of benzene rings is 1. The van der Waals surface area contributed by atoms with Crippen LogP contribution < -0.4 is 4.74 Å². The molecule has 1 aromatic carbocycles. The molecule has 0 unspecified atom stereocenters. The second kappa shape index (κ2) is 6.42. The van der Waals surface area contributed by atoms with Crippen molar-refractivity contribution in [1.29, 1.82) is 0 Å². The number of ether oxygens (including phenoxy) is 1. The standard InChI is InChI=1S/C17H26O2/c1-4-14-5-8-16(9-6-14)19-17-10-7-15(13(3)18)11-12(17)2/h7,10-11,13-14,16,18H,4-6,8-9H2,1-3H3/t13-,14?,16?/m0/s1. The van der Waals surface area contributed by atoms with Gasteiger partial charge in [-0.15, -0.1) is 0 Å². The van der Waals surface area contributed by atoms with Crippen LogP contribution in [0.3, 0.4) is 0 Å². The van der Waals surface area contributed by atoms with E-state index in [2.05, 4.69) is 13.8 Å². The molecule has 0 spiro atoms. The lowest BCUT2D eigenvalue weighted by molar-refractivity contribution is 0.129. The van der Waals surface area contributed by atoms with Crippen molar-refractivity contribution in [3.8, 4) is 5.75 Å². The summed E-state index contributed by atoms with van der Waals surface area (Å²) in [5.74, 6) is 1.88. The van der Waals surface area contributed by atoms with Crippen molar-refractivity contribution in [3.63, 3.8) is 0 Å². The zero-order valence-electron chi connectivity index (χ0n) is 12.4. The highest BCUT2D eigenvalue weighted by molar-refractivity contribution is 5.37. The van der Waals surface area contributed by atoms with Gasteiger partial charge in [0, 0.05) is 0 Å². The van der Waals surface area contributed by atoms with Gasteiger partial charge >= 0.3 is 0 Å². The van der Waals surface area contributed by atoms with Gasteiger partial charge in [0.1, 0.15) is 5.75 Å². The van der Waals surface area contributed by atoms with E-state index in [0.717, 1.165) is 22.8 Å². The molecule has 1 fully saturated rings. The molecule has 106 valence electrons. The number of aryl methyl sites for hydroxylation is 1. The lowest BCUT2D eigenvalue weighted by Crippen LogP contribution is -2.24. The van der Waals surface area contributed by atoms with Crippen molar-refractivity contribution >= 4 is 0 Å². The van der Waals surface area contributed by atoms with Gasteiger partial charge in [-0.3, -0.25) is 0 Å². The molecule has 1 atom stereocenters. The van der Waals surface area contributed by atoms with E-state index >= 15 is 0 Å². The van der Waals surface area contributed by atoms with Crippen molar-refractivity contribution < 1.29 is 9.84 Å². The second-order valence-electron chi connectivity index (χ2n) is 5.87. The zero-order chi connectivity index (χ0) is 13.8. The molecular formula is C17H26O2. The molecular weight excluding hydrogens is 236 g/mol. The topological polar surface area (TPSA) is 29.5 Å². The maximum Gasteiger partial charge on any atom is 0.122 e. The highest BCUT2D eigenvalue weighted by Gasteiger charge is 2.21. The Kier molecular flexibility index (Phi) is 4.87. The Labute approximate surface area is 116 Å². The average Bonchev–Trinajstić information content (AvgIpc) is 2.41. The number of aliphatic hydroxyl groups is 1. The van der Waals surface area contributed by atoms with Crippen LogP contribution in [0, 0.1) is 12.8 Å². The summed E-state index contributed by atoms with van der Waals surface area (Å²) in [6.07, 6.45) is 6.21. The molecule has 1 saturated carbocycles. The summed E-state index contributed by atoms with van der Waals surface area (Å²) in [5.41, 5.74) is 2.08. The van der Waals surface area contributed by atoms with Crippen LogP contribution in [0.2, 0.25) is 0 Å². The minimum atomic E-state index is -0.409. The van der Waals surface area contributed by atoms with E-state index in [-0.39, 0.29) is 0 Å². The van der Waals surface area contributed by atoms with E-state index in [4.69, 9.17) is 4.74 Å². The summed E-state index contributed by atoms with van der Waals surface area (Å²) in [7, 11) is 0. The van der Waals surface area contributed by atoms with E-state index < -0.39 is 6.10 Å². The predicted octanol–water partition coefficient (Wildman–Crippen LogP) is 4.40. The molecule has 1 N–H and O–H groups in total. The Balaban J connectivity index is 1.96. The molecule has 0 amide bonds. The first-order valence-electron chi connectivity index (χ1n) is 7.55.